The van der Waals surface area contributed by atoms with Crippen LogP contribution in [-0.2, 0) is 0 Å². The van der Waals surface area contributed by atoms with Gasteiger partial charge in [0.25, 0.3) is 0 Å². The number of allylic oxidation sites excluding steroid dienone is 2. The zero-order valence-electron chi connectivity index (χ0n) is 16.4. The fraction of sp³-hybridized carbons (Fsp3) is 0.520. The van der Waals surface area contributed by atoms with Crippen molar-refractivity contribution in [3.63, 3.8) is 0 Å². The van der Waals surface area contributed by atoms with Crippen molar-refractivity contribution in [2.45, 2.75) is 65.2 Å². The highest BCUT2D eigenvalue weighted by atomic mass is 16.5. The first-order chi connectivity index (χ1) is 12.8. The van der Waals surface area contributed by atoms with E-state index in [2.05, 4.69) is 30.6 Å². The molecule has 0 radical (unpaired) electrons. The molecule has 1 aliphatic carbocycles. The summed E-state index contributed by atoms with van der Waals surface area (Å²) in [5.74, 6) is 15.2. The minimum atomic E-state index is 0.584. The minimum Gasteiger partial charge on any atom is -0.494 e. The number of ether oxygens (including phenoxy) is 1. The first-order valence-corrected chi connectivity index (χ1v) is 10.2. The molecule has 0 unspecified atom stereocenters. The summed E-state index contributed by atoms with van der Waals surface area (Å²) < 4.78 is 5.43. The Hall–Kier alpha value is -2.12. The average molecular weight is 349 g/mol. The Labute approximate surface area is 160 Å². The molecule has 0 amide bonds. The van der Waals surface area contributed by atoms with E-state index in [1.54, 1.807) is 0 Å². The van der Waals surface area contributed by atoms with E-state index >= 15 is 0 Å². The smallest absolute Gasteiger partial charge is 0.119 e. The Morgan fingerprint density at radius 2 is 1.69 bits per heavy atom. The summed E-state index contributed by atoms with van der Waals surface area (Å²) in [7, 11) is 0. The van der Waals surface area contributed by atoms with Crippen molar-refractivity contribution in [1.29, 1.82) is 0 Å². The van der Waals surface area contributed by atoms with Crippen LogP contribution in [0.2, 0.25) is 0 Å². The molecule has 1 aromatic carbocycles. The number of benzene rings is 1. The molecule has 1 fully saturated rings. The van der Waals surface area contributed by atoms with Gasteiger partial charge in [-0.1, -0.05) is 56.3 Å². The van der Waals surface area contributed by atoms with E-state index in [4.69, 9.17) is 4.74 Å². The van der Waals surface area contributed by atoms with Crippen LogP contribution < -0.4 is 4.74 Å². The first kappa shape index (κ1) is 20.2. The zero-order chi connectivity index (χ0) is 18.5. The molecular weight excluding hydrogens is 316 g/mol. The van der Waals surface area contributed by atoms with Gasteiger partial charge >= 0.3 is 0 Å². The van der Waals surface area contributed by atoms with Gasteiger partial charge < -0.3 is 4.74 Å². The van der Waals surface area contributed by atoms with Gasteiger partial charge in [-0.2, -0.15) is 0 Å². The second-order valence-electron chi connectivity index (χ2n) is 7.06. The van der Waals surface area contributed by atoms with Crippen molar-refractivity contribution in [2.75, 3.05) is 6.61 Å². The van der Waals surface area contributed by atoms with Crippen molar-refractivity contribution < 1.29 is 4.74 Å². The van der Waals surface area contributed by atoms with Crippen molar-refractivity contribution in [1.82, 2.24) is 0 Å². The average Bonchev–Trinajstić information content (AvgIpc) is 2.67. The number of rotatable bonds is 6. The summed E-state index contributed by atoms with van der Waals surface area (Å²) in [6, 6.07) is 7.87. The predicted octanol–water partition coefficient (Wildman–Crippen LogP) is 6.38. The van der Waals surface area contributed by atoms with Crippen molar-refractivity contribution in [3.05, 3.63) is 42.0 Å². The van der Waals surface area contributed by atoms with Crippen LogP contribution in [0.3, 0.4) is 0 Å². The lowest BCUT2D eigenvalue weighted by Crippen LogP contribution is -2.13. The third kappa shape index (κ3) is 7.84. The summed E-state index contributed by atoms with van der Waals surface area (Å²) in [6.07, 6.45) is 14.6. The molecule has 0 aliphatic heterocycles. The SMILES string of the molecule is CCCCCC1CCC(C#CC=CC#Cc2ccc(OCC)cc2)CC1. The van der Waals surface area contributed by atoms with E-state index in [-0.39, 0.29) is 0 Å². The second-order valence-corrected chi connectivity index (χ2v) is 7.06. The Balaban J connectivity index is 1.70. The Bertz CT molecular complexity index is 652. The molecule has 0 atom stereocenters. The van der Waals surface area contributed by atoms with Gasteiger partial charge in [-0.05, 0) is 74.9 Å². The summed E-state index contributed by atoms with van der Waals surface area (Å²) in [4.78, 5) is 0. The van der Waals surface area contributed by atoms with E-state index < -0.39 is 0 Å². The summed E-state index contributed by atoms with van der Waals surface area (Å²) in [6.45, 7) is 4.95. The fourth-order valence-corrected chi connectivity index (χ4v) is 3.45. The Kier molecular flexibility index (Phi) is 9.53. The van der Waals surface area contributed by atoms with Gasteiger partial charge in [-0.15, -0.1) is 0 Å². The van der Waals surface area contributed by atoms with Crippen molar-refractivity contribution in [3.8, 4) is 29.4 Å². The predicted molar refractivity (Wildman–Crippen MR) is 111 cm³/mol. The number of unbranched alkanes of at least 4 members (excludes halogenated alkanes) is 2. The van der Waals surface area contributed by atoms with Crippen LogP contribution in [-0.4, -0.2) is 6.61 Å². The van der Waals surface area contributed by atoms with E-state index in [0.717, 1.165) is 17.2 Å². The molecular formula is C25H32O. The third-order valence-corrected chi connectivity index (χ3v) is 4.98. The van der Waals surface area contributed by atoms with Crippen molar-refractivity contribution >= 4 is 0 Å². The normalized spacial score (nSPS) is 19.3. The van der Waals surface area contributed by atoms with Crippen LogP contribution >= 0.6 is 0 Å². The maximum absolute atomic E-state index is 5.43. The highest BCUT2D eigenvalue weighted by Gasteiger charge is 2.19. The van der Waals surface area contributed by atoms with Gasteiger partial charge in [-0.25, -0.2) is 0 Å². The molecule has 0 heterocycles. The quantitative estimate of drug-likeness (QED) is 0.428. The maximum atomic E-state index is 5.43. The molecule has 138 valence electrons. The van der Waals surface area contributed by atoms with Crippen LogP contribution in [0, 0.1) is 35.5 Å². The van der Waals surface area contributed by atoms with E-state index in [1.165, 1.54) is 51.4 Å². The lowest BCUT2D eigenvalue weighted by atomic mass is 9.80. The fourth-order valence-electron chi connectivity index (χ4n) is 3.45. The molecule has 2 rings (SSSR count). The van der Waals surface area contributed by atoms with Crippen molar-refractivity contribution in [2.24, 2.45) is 11.8 Å². The summed E-state index contributed by atoms with van der Waals surface area (Å²) in [5.41, 5.74) is 0.993. The lowest BCUT2D eigenvalue weighted by molar-refractivity contribution is 0.294. The molecule has 0 spiro atoms. The summed E-state index contributed by atoms with van der Waals surface area (Å²) in [5, 5.41) is 0. The van der Waals surface area contributed by atoms with Gasteiger partial charge in [0.05, 0.1) is 6.61 Å². The molecule has 1 nitrogen and oxygen atoms in total. The second kappa shape index (κ2) is 12.3. The largest absolute Gasteiger partial charge is 0.494 e. The zero-order valence-corrected chi connectivity index (χ0v) is 16.4. The van der Waals surface area contributed by atoms with E-state index in [9.17, 15) is 0 Å². The molecule has 1 aromatic rings. The highest BCUT2D eigenvalue weighted by molar-refractivity contribution is 5.40. The molecule has 0 N–H and O–H groups in total. The molecule has 1 heteroatoms. The van der Waals surface area contributed by atoms with Gasteiger partial charge in [0.15, 0.2) is 0 Å². The minimum absolute atomic E-state index is 0.584. The Morgan fingerprint density at radius 1 is 0.962 bits per heavy atom. The van der Waals surface area contributed by atoms with Gasteiger partial charge in [-0.3, -0.25) is 0 Å². The molecule has 26 heavy (non-hydrogen) atoms. The standard InChI is InChI=1S/C25H32O/c1-3-5-8-11-22-14-16-23(17-15-22)12-9-6-7-10-13-24-18-20-25(21-19-24)26-4-2/h6-7,18-23H,3-5,8,11,14-17H2,1-2H3. The van der Waals surface area contributed by atoms with Gasteiger partial charge in [0.2, 0.25) is 0 Å². The number of hydrogen-bond donors (Lipinski definition) is 0. The van der Waals surface area contributed by atoms with Gasteiger partial charge in [0.1, 0.15) is 5.75 Å². The van der Waals surface area contributed by atoms with E-state index in [0.29, 0.717) is 12.5 Å². The lowest BCUT2D eigenvalue weighted by Gasteiger charge is -2.25. The molecule has 1 saturated carbocycles. The monoisotopic (exact) mass is 348 g/mol. The van der Waals surface area contributed by atoms with Gasteiger partial charge in [0, 0.05) is 11.5 Å². The maximum Gasteiger partial charge on any atom is 0.119 e. The molecule has 0 bridgehead atoms. The van der Waals surface area contributed by atoms with E-state index in [1.807, 2.05) is 43.3 Å². The summed E-state index contributed by atoms with van der Waals surface area (Å²) >= 11 is 0. The van der Waals surface area contributed by atoms with Crippen LogP contribution in [0.15, 0.2) is 36.4 Å². The molecule has 0 saturated heterocycles. The van der Waals surface area contributed by atoms with Crippen LogP contribution in [0.5, 0.6) is 5.75 Å². The van der Waals surface area contributed by atoms with Crippen LogP contribution in [0.1, 0.15) is 70.8 Å². The highest BCUT2D eigenvalue weighted by Crippen LogP contribution is 2.31. The topological polar surface area (TPSA) is 9.23 Å². The first-order valence-electron chi connectivity index (χ1n) is 10.2. The Morgan fingerprint density at radius 3 is 2.38 bits per heavy atom. The molecule has 1 aliphatic rings. The van der Waals surface area contributed by atoms with Crippen LogP contribution in [0.4, 0.5) is 0 Å². The van der Waals surface area contributed by atoms with Crippen LogP contribution in [0.25, 0.3) is 0 Å². The third-order valence-electron chi connectivity index (χ3n) is 4.98. The molecule has 0 aromatic heterocycles. The number of hydrogen-bond acceptors (Lipinski definition) is 1.